The summed E-state index contributed by atoms with van der Waals surface area (Å²) >= 11 is 0. The minimum atomic E-state index is -0.756. The first-order valence-corrected chi connectivity index (χ1v) is 12.2. The fourth-order valence-corrected chi connectivity index (χ4v) is 4.62. The Bertz CT molecular complexity index is 1340. The van der Waals surface area contributed by atoms with Crippen molar-refractivity contribution in [1.82, 2.24) is 4.90 Å². The van der Waals surface area contributed by atoms with E-state index in [1.807, 2.05) is 81.4 Å². The fourth-order valence-electron chi connectivity index (χ4n) is 4.62. The molecule has 1 fully saturated rings. The molecule has 0 radical (unpaired) electrons. The van der Waals surface area contributed by atoms with E-state index in [1.54, 1.807) is 25.3 Å². The van der Waals surface area contributed by atoms with Gasteiger partial charge in [0.2, 0.25) is 0 Å². The summed E-state index contributed by atoms with van der Waals surface area (Å²) < 4.78 is 10.9. The van der Waals surface area contributed by atoms with Crippen LogP contribution in [0.4, 0.5) is 5.69 Å². The van der Waals surface area contributed by atoms with Crippen molar-refractivity contribution < 1.29 is 24.2 Å². The number of rotatable bonds is 8. The molecule has 0 aliphatic carbocycles. The molecule has 0 saturated carbocycles. The molecular weight excluding hydrogens is 468 g/mol. The first-order valence-electron chi connectivity index (χ1n) is 12.2. The van der Waals surface area contributed by atoms with Gasteiger partial charge in [0.1, 0.15) is 17.3 Å². The normalized spacial score (nSPS) is 16.7. The maximum atomic E-state index is 13.4. The second-order valence-corrected chi connectivity index (χ2v) is 9.17. The Morgan fingerprint density at radius 2 is 1.73 bits per heavy atom. The summed E-state index contributed by atoms with van der Waals surface area (Å²) in [4.78, 5) is 30.3. The first kappa shape index (κ1) is 25.8. The quantitative estimate of drug-likeness (QED) is 0.264. The number of aliphatic hydroxyl groups excluding tert-OH is 1. The molecule has 3 aromatic rings. The van der Waals surface area contributed by atoms with Crippen molar-refractivity contribution in [2.24, 2.45) is 0 Å². The van der Waals surface area contributed by atoms with Gasteiger partial charge < -0.3 is 24.4 Å². The van der Waals surface area contributed by atoms with Gasteiger partial charge in [0.25, 0.3) is 11.7 Å². The van der Waals surface area contributed by atoms with Gasteiger partial charge >= 0.3 is 0 Å². The van der Waals surface area contributed by atoms with E-state index in [0.717, 1.165) is 22.4 Å². The number of benzene rings is 3. The Morgan fingerprint density at radius 1 is 1.00 bits per heavy atom. The molecule has 1 amide bonds. The third kappa shape index (κ3) is 5.16. The minimum absolute atomic E-state index is 0.0665. The summed E-state index contributed by atoms with van der Waals surface area (Å²) in [5.74, 6) is -0.242. The SMILES string of the molecule is CCOc1cccc(CN2C(=O)C(=O)/C(=C(\O)c3ccc(OC)cc3C)C2c2ccc(N(C)C)cc2)c1. The molecular formula is C30H32N2O5. The number of ether oxygens (including phenoxy) is 2. The van der Waals surface area contributed by atoms with Crippen molar-refractivity contribution >= 4 is 23.1 Å². The van der Waals surface area contributed by atoms with Crippen molar-refractivity contribution in [3.63, 3.8) is 0 Å². The van der Waals surface area contributed by atoms with Gasteiger partial charge in [-0.3, -0.25) is 9.59 Å². The second-order valence-electron chi connectivity index (χ2n) is 9.17. The number of ketones is 1. The standard InChI is InChI=1S/C30H32N2O5/c1-6-37-24-9-7-8-20(17-24)18-32-27(21-10-12-22(13-11-21)31(3)4)26(29(34)30(32)35)28(33)25-15-14-23(36-5)16-19(25)2/h7-17,27,33H,6,18H2,1-5H3/b28-26-. The van der Waals surface area contributed by atoms with E-state index in [4.69, 9.17) is 9.47 Å². The molecule has 1 heterocycles. The van der Waals surface area contributed by atoms with Crippen LogP contribution in [-0.4, -0.2) is 49.5 Å². The van der Waals surface area contributed by atoms with Gasteiger partial charge in [0.05, 0.1) is 25.3 Å². The number of carbonyl (C=O) groups is 2. The zero-order valence-electron chi connectivity index (χ0n) is 21.8. The monoisotopic (exact) mass is 500 g/mol. The van der Waals surface area contributed by atoms with Crippen LogP contribution in [0.15, 0.2) is 72.3 Å². The van der Waals surface area contributed by atoms with Crippen molar-refractivity contribution in [3.05, 3.63) is 94.6 Å². The molecule has 1 N–H and O–H groups in total. The molecule has 7 nitrogen and oxygen atoms in total. The molecule has 0 spiro atoms. The van der Waals surface area contributed by atoms with Crippen molar-refractivity contribution in [2.45, 2.75) is 26.4 Å². The smallest absolute Gasteiger partial charge is 0.295 e. The molecule has 1 unspecified atom stereocenters. The fraction of sp³-hybridized carbons (Fsp3) is 0.267. The number of Topliss-reactive ketones (excluding diaryl/α,β-unsaturated/α-hetero) is 1. The number of likely N-dealkylation sites (tertiary alicyclic amines) is 1. The van der Waals surface area contributed by atoms with E-state index >= 15 is 0 Å². The lowest BCUT2D eigenvalue weighted by molar-refractivity contribution is -0.140. The van der Waals surface area contributed by atoms with Crippen molar-refractivity contribution in [3.8, 4) is 11.5 Å². The predicted molar refractivity (Wildman–Crippen MR) is 144 cm³/mol. The van der Waals surface area contributed by atoms with E-state index in [2.05, 4.69) is 0 Å². The van der Waals surface area contributed by atoms with E-state index in [9.17, 15) is 14.7 Å². The number of aliphatic hydroxyl groups is 1. The molecule has 1 aliphatic heterocycles. The number of hydrogen-bond acceptors (Lipinski definition) is 6. The number of nitrogens with zero attached hydrogens (tertiary/aromatic N) is 2. The van der Waals surface area contributed by atoms with Gasteiger partial charge in [0, 0.05) is 31.9 Å². The summed E-state index contributed by atoms with van der Waals surface area (Å²) in [6.07, 6.45) is 0. The highest BCUT2D eigenvalue weighted by molar-refractivity contribution is 6.46. The van der Waals surface area contributed by atoms with Crippen molar-refractivity contribution in [1.29, 1.82) is 0 Å². The molecule has 1 saturated heterocycles. The average Bonchev–Trinajstić information content (AvgIpc) is 3.13. The molecule has 192 valence electrons. The van der Waals surface area contributed by atoms with Crippen LogP contribution >= 0.6 is 0 Å². The minimum Gasteiger partial charge on any atom is -0.507 e. The Labute approximate surface area is 217 Å². The van der Waals surface area contributed by atoms with Crippen LogP contribution < -0.4 is 14.4 Å². The van der Waals surface area contributed by atoms with Gasteiger partial charge in [-0.2, -0.15) is 0 Å². The lowest BCUT2D eigenvalue weighted by Gasteiger charge is -2.26. The molecule has 1 atom stereocenters. The Balaban J connectivity index is 1.84. The number of anilines is 1. The summed E-state index contributed by atoms with van der Waals surface area (Å²) in [6, 6.07) is 19.6. The van der Waals surface area contributed by atoms with Crippen LogP contribution in [0.5, 0.6) is 11.5 Å². The van der Waals surface area contributed by atoms with Crippen LogP contribution in [0.1, 0.15) is 35.2 Å². The highest BCUT2D eigenvalue weighted by Gasteiger charge is 2.46. The molecule has 37 heavy (non-hydrogen) atoms. The van der Waals surface area contributed by atoms with Crippen molar-refractivity contribution in [2.75, 3.05) is 32.7 Å². The molecule has 0 bridgehead atoms. The van der Waals surface area contributed by atoms with Gasteiger partial charge in [-0.25, -0.2) is 0 Å². The molecule has 3 aromatic carbocycles. The summed E-state index contributed by atoms with van der Waals surface area (Å²) in [5, 5.41) is 11.4. The third-order valence-corrected chi connectivity index (χ3v) is 6.52. The number of methoxy groups -OCH3 is 1. The van der Waals surface area contributed by atoms with E-state index in [-0.39, 0.29) is 17.9 Å². The Morgan fingerprint density at radius 3 is 2.35 bits per heavy atom. The van der Waals surface area contributed by atoms with Crippen LogP contribution in [0.2, 0.25) is 0 Å². The zero-order valence-corrected chi connectivity index (χ0v) is 21.8. The first-order chi connectivity index (χ1) is 17.7. The van der Waals surface area contributed by atoms with Crippen LogP contribution in [-0.2, 0) is 16.1 Å². The number of hydrogen-bond donors (Lipinski definition) is 1. The Hall–Kier alpha value is -4.26. The molecule has 1 aliphatic rings. The zero-order chi connectivity index (χ0) is 26.7. The summed E-state index contributed by atoms with van der Waals surface area (Å²) in [6.45, 7) is 4.44. The average molecular weight is 501 g/mol. The second kappa shape index (κ2) is 10.8. The van der Waals surface area contributed by atoms with Gasteiger partial charge in [-0.15, -0.1) is 0 Å². The maximum Gasteiger partial charge on any atom is 0.295 e. The molecule has 7 heteroatoms. The largest absolute Gasteiger partial charge is 0.507 e. The highest BCUT2D eigenvalue weighted by Crippen LogP contribution is 2.41. The summed E-state index contributed by atoms with van der Waals surface area (Å²) in [7, 11) is 5.45. The van der Waals surface area contributed by atoms with Crippen LogP contribution in [0, 0.1) is 6.92 Å². The van der Waals surface area contributed by atoms with E-state index < -0.39 is 17.7 Å². The van der Waals surface area contributed by atoms with Crippen LogP contribution in [0.25, 0.3) is 5.76 Å². The topological polar surface area (TPSA) is 79.3 Å². The lowest BCUT2D eigenvalue weighted by atomic mass is 9.93. The molecule has 4 rings (SSSR count). The lowest BCUT2D eigenvalue weighted by Crippen LogP contribution is -2.29. The number of amides is 1. The predicted octanol–water partition coefficient (Wildman–Crippen LogP) is 5.09. The number of carbonyl (C=O) groups excluding carboxylic acids is 2. The number of aryl methyl sites for hydroxylation is 1. The summed E-state index contributed by atoms with van der Waals surface area (Å²) in [5.41, 5.74) is 3.82. The molecule has 0 aromatic heterocycles. The van der Waals surface area contributed by atoms with Gasteiger partial charge in [-0.05, 0) is 73.0 Å². The maximum absolute atomic E-state index is 13.4. The van der Waals surface area contributed by atoms with Crippen LogP contribution in [0.3, 0.4) is 0 Å². The van der Waals surface area contributed by atoms with Gasteiger partial charge in [-0.1, -0.05) is 24.3 Å². The third-order valence-electron chi connectivity index (χ3n) is 6.52. The Kier molecular flexibility index (Phi) is 7.53. The van der Waals surface area contributed by atoms with E-state index in [0.29, 0.717) is 23.7 Å². The van der Waals surface area contributed by atoms with E-state index in [1.165, 1.54) is 4.90 Å². The van der Waals surface area contributed by atoms with Gasteiger partial charge in [0.15, 0.2) is 0 Å². The highest BCUT2D eigenvalue weighted by atomic mass is 16.5.